The number of rotatable bonds is 4. The number of amides is 1. The Labute approximate surface area is 153 Å². The molecule has 1 saturated heterocycles. The molecule has 0 saturated carbocycles. The van der Waals surface area contributed by atoms with Crippen molar-refractivity contribution in [3.8, 4) is 0 Å². The molecule has 1 fully saturated rings. The van der Waals surface area contributed by atoms with Crippen LogP contribution in [0.25, 0.3) is 6.08 Å². The van der Waals surface area contributed by atoms with E-state index in [9.17, 15) is 4.79 Å². The number of hydrogen-bond donors (Lipinski definition) is 0. The van der Waals surface area contributed by atoms with Gasteiger partial charge in [-0.2, -0.15) is 0 Å². The van der Waals surface area contributed by atoms with Gasteiger partial charge >= 0.3 is 0 Å². The number of pyridine rings is 1. The molecular formula is C20H22ClN3O. The number of hydrogen-bond acceptors (Lipinski definition) is 3. The summed E-state index contributed by atoms with van der Waals surface area (Å²) in [6.07, 6.45) is 4.31. The molecule has 130 valence electrons. The molecule has 1 aromatic carbocycles. The molecule has 0 unspecified atom stereocenters. The standard InChI is InChI=1S/C20H22ClN3O/c1-16-9-10-18(19(21)22-16)20(25)24-14-12-23(13-15-24)11-5-8-17-6-3-2-4-7-17/h2-10H,11-15H2,1H3. The predicted octanol–water partition coefficient (Wildman–Crippen LogP) is 3.51. The van der Waals surface area contributed by atoms with E-state index in [0.29, 0.717) is 23.8 Å². The summed E-state index contributed by atoms with van der Waals surface area (Å²) in [7, 11) is 0. The molecule has 0 radical (unpaired) electrons. The van der Waals surface area contributed by atoms with Crippen LogP contribution in [-0.2, 0) is 0 Å². The lowest BCUT2D eigenvalue weighted by Crippen LogP contribution is -2.48. The van der Waals surface area contributed by atoms with Crippen LogP contribution in [0.4, 0.5) is 0 Å². The first-order valence-electron chi connectivity index (χ1n) is 8.50. The Hall–Kier alpha value is -2.17. The topological polar surface area (TPSA) is 36.4 Å². The van der Waals surface area contributed by atoms with Crippen molar-refractivity contribution in [3.63, 3.8) is 0 Å². The summed E-state index contributed by atoms with van der Waals surface area (Å²) in [5.41, 5.74) is 2.51. The van der Waals surface area contributed by atoms with Crippen molar-refractivity contribution in [1.29, 1.82) is 0 Å². The summed E-state index contributed by atoms with van der Waals surface area (Å²) in [5, 5.41) is 0.290. The average Bonchev–Trinajstić information content (AvgIpc) is 2.63. The molecule has 1 aromatic heterocycles. The SMILES string of the molecule is Cc1ccc(C(=O)N2CCN(CC=Cc3ccccc3)CC2)c(Cl)n1. The minimum Gasteiger partial charge on any atom is -0.336 e. The summed E-state index contributed by atoms with van der Waals surface area (Å²) in [6, 6.07) is 13.9. The minimum absolute atomic E-state index is 0.0306. The van der Waals surface area contributed by atoms with E-state index in [2.05, 4.69) is 34.2 Å². The number of benzene rings is 1. The lowest BCUT2D eigenvalue weighted by molar-refractivity contribution is 0.0650. The van der Waals surface area contributed by atoms with E-state index in [0.717, 1.165) is 25.3 Å². The van der Waals surface area contributed by atoms with Gasteiger partial charge < -0.3 is 4.90 Å². The number of carbonyl (C=O) groups is 1. The molecule has 2 heterocycles. The zero-order valence-corrected chi connectivity index (χ0v) is 15.1. The third-order valence-corrected chi connectivity index (χ3v) is 4.64. The molecule has 0 N–H and O–H groups in total. The van der Waals surface area contributed by atoms with Crippen molar-refractivity contribution in [3.05, 3.63) is 70.5 Å². The van der Waals surface area contributed by atoms with Gasteiger partial charge in [-0.1, -0.05) is 54.1 Å². The predicted molar refractivity (Wildman–Crippen MR) is 102 cm³/mol. The van der Waals surface area contributed by atoms with Gasteiger partial charge in [-0.3, -0.25) is 9.69 Å². The lowest BCUT2D eigenvalue weighted by Gasteiger charge is -2.34. The molecule has 0 atom stereocenters. The monoisotopic (exact) mass is 355 g/mol. The molecule has 0 spiro atoms. The van der Waals surface area contributed by atoms with E-state index in [1.165, 1.54) is 5.56 Å². The van der Waals surface area contributed by atoms with Gasteiger partial charge in [0.05, 0.1) is 5.56 Å². The summed E-state index contributed by atoms with van der Waals surface area (Å²) in [5.74, 6) is -0.0306. The Morgan fingerprint density at radius 1 is 1.12 bits per heavy atom. The van der Waals surface area contributed by atoms with Gasteiger partial charge in [-0.05, 0) is 24.6 Å². The first kappa shape index (κ1) is 17.6. The number of nitrogens with zero attached hydrogens (tertiary/aromatic N) is 3. The fraction of sp³-hybridized carbons (Fsp3) is 0.300. The van der Waals surface area contributed by atoms with Gasteiger partial charge in [0.25, 0.3) is 5.91 Å². The third-order valence-electron chi connectivity index (χ3n) is 4.35. The van der Waals surface area contributed by atoms with Crippen molar-refractivity contribution in [2.75, 3.05) is 32.7 Å². The Morgan fingerprint density at radius 2 is 1.84 bits per heavy atom. The van der Waals surface area contributed by atoms with Crippen LogP contribution in [0.15, 0.2) is 48.5 Å². The third kappa shape index (κ3) is 4.68. The number of piperazine rings is 1. The quantitative estimate of drug-likeness (QED) is 0.787. The highest BCUT2D eigenvalue weighted by molar-refractivity contribution is 6.32. The fourth-order valence-corrected chi connectivity index (χ4v) is 3.17. The zero-order valence-electron chi connectivity index (χ0n) is 14.4. The van der Waals surface area contributed by atoms with E-state index < -0.39 is 0 Å². The van der Waals surface area contributed by atoms with E-state index in [-0.39, 0.29) is 5.91 Å². The summed E-state index contributed by atoms with van der Waals surface area (Å²) >= 11 is 6.12. The van der Waals surface area contributed by atoms with Gasteiger partial charge in [0, 0.05) is 38.4 Å². The molecule has 25 heavy (non-hydrogen) atoms. The van der Waals surface area contributed by atoms with E-state index >= 15 is 0 Å². The van der Waals surface area contributed by atoms with Crippen LogP contribution in [0.1, 0.15) is 21.6 Å². The Kier molecular flexibility index (Phi) is 5.84. The zero-order chi connectivity index (χ0) is 17.6. The maximum absolute atomic E-state index is 12.6. The maximum Gasteiger partial charge on any atom is 0.257 e. The van der Waals surface area contributed by atoms with Crippen LogP contribution in [0.2, 0.25) is 5.15 Å². The van der Waals surface area contributed by atoms with E-state index in [1.54, 1.807) is 6.07 Å². The second kappa shape index (κ2) is 8.28. The molecule has 5 heteroatoms. The van der Waals surface area contributed by atoms with Crippen molar-refractivity contribution in [1.82, 2.24) is 14.8 Å². The second-order valence-electron chi connectivity index (χ2n) is 6.20. The Morgan fingerprint density at radius 3 is 2.52 bits per heavy atom. The van der Waals surface area contributed by atoms with Gasteiger partial charge in [0.2, 0.25) is 0 Å². The number of aryl methyl sites for hydroxylation is 1. The van der Waals surface area contributed by atoms with Crippen LogP contribution in [0.5, 0.6) is 0 Å². The maximum atomic E-state index is 12.6. The number of carbonyl (C=O) groups excluding carboxylic acids is 1. The lowest BCUT2D eigenvalue weighted by atomic mass is 10.2. The van der Waals surface area contributed by atoms with Crippen molar-refractivity contribution < 1.29 is 4.79 Å². The summed E-state index contributed by atoms with van der Waals surface area (Å²) in [6.45, 7) is 5.90. The molecule has 2 aromatic rings. The van der Waals surface area contributed by atoms with Crippen LogP contribution in [0, 0.1) is 6.92 Å². The second-order valence-corrected chi connectivity index (χ2v) is 6.55. The smallest absolute Gasteiger partial charge is 0.257 e. The van der Waals surface area contributed by atoms with Crippen LogP contribution >= 0.6 is 11.6 Å². The van der Waals surface area contributed by atoms with Gasteiger partial charge in [0.15, 0.2) is 0 Å². The fourth-order valence-electron chi connectivity index (χ4n) is 2.89. The summed E-state index contributed by atoms with van der Waals surface area (Å²) < 4.78 is 0. The first-order chi connectivity index (χ1) is 12.1. The average molecular weight is 356 g/mol. The minimum atomic E-state index is -0.0306. The van der Waals surface area contributed by atoms with Crippen molar-refractivity contribution in [2.24, 2.45) is 0 Å². The highest BCUT2D eigenvalue weighted by Crippen LogP contribution is 2.17. The van der Waals surface area contributed by atoms with Gasteiger partial charge in [0.1, 0.15) is 5.15 Å². The van der Waals surface area contributed by atoms with Crippen molar-refractivity contribution >= 4 is 23.6 Å². The van der Waals surface area contributed by atoms with Crippen molar-refractivity contribution in [2.45, 2.75) is 6.92 Å². The molecule has 0 aliphatic carbocycles. The molecule has 0 bridgehead atoms. The van der Waals surface area contributed by atoms with Gasteiger partial charge in [-0.25, -0.2) is 4.98 Å². The first-order valence-corrected chi connectivity index (χ1v) is 8.87. The molecule has 3 rings (SSSR count). The molecule has 1 aliphatic heterocycles. The largest absolute Gasteiger partial charge is 0.336 e. The molecule has 4 nitrogen and oxygen atoms in total. The highest BCUT2D eigenvalue weighted by Gasteiger charge is 2.23. The summed E-state index contributed by atoms with van der Waals surface area (Å²) in [4.78, 5) is 21.0. The van der Waals surface area contributed by atoms with Crippen LogP contribution < -0.4 is 0 Å². The van der Waals surface area contributed by atoms with Gasteiger partial charge in [-0.15, -0.1) is 0 Å². The molecule has 1 amide bonds. The normalized spacial score (nSPS) is 15.7. The van der Waals surface area contributed by atoms with E-state index in [1.807, 2.05) is 36.1 Å². The van der Waals surface area contributed by atoms with Crippen LogP contribution in [-0.4, -0.2) is 53.4 Å². The number of aromatic nitrogens is 1. The highest BCUT2D eigenvalue weighted by atomic mass is 35.5. The molecular weight excluding hydrogens is 334 g/mol. The van der Waals surface area contributed by atoms with Crippen LogP contribution in [0.3, 0.4) is 0 Å². The number of halogens is 1. The molecule has 1 aliphatic rings. The Balaban J connectivity index is 1.51. The van der Waals surface area contributed by atoms with E-state index in [4.69, 9.17) is 11.6 Å². The Bertz CT molecular complexity index is 753.